The topological polar surface area (TPSA) is 66.9 Å². The van der Waals surface area contributed by atoms with Crippen molar-refractivity contribution in [2.24, 2.45) is 0 Å². The summed E-state index contributed by atoms with van der Waals surface area (Å²) in [7, 11) is 0. The van der Waals surface area contributed by atoms with Gasteiger partial charge in [-0.1, -0.05) is 19.3 Å². The average Bonchev–Trinajstić information content (AvgIpc) is 2.47. The predicted octanol–water partition coefficient (Wildman–Crippen LogP) is 1.40. The fraction of sp³-hybridized carbons (Fsp3) is 0.643. The summed E-state index contributed by atoms with van der Waals surface area (Å²) >= 11 is 0. The molecule has 5 heteroatoms. The van der Waals surface area contributed by atoms with E-state index in [0.717, 1.165) is 18.5 Å². The summed E-state index contributed by atoms with van der Waals surface area (Å²) in [5.41, 5.74) is 0.847. The van der Waals surface area contributed by atoms with Crippen LogP contribution in [-0.2, 0) is 11.3 Å². The summed E-state index contributed by atoms with van der Waals surface area (Å²) in [5.74, 6) is 0.0794. The van der Waals surface area contributed by atoms with Crippen molar-refractivity contribution >= 4 is 5.91 Å². The molecule has 0 aliphatic heterocycles. The van der Waals surface area contributed by atoms with Gasteiger partial charge in [-0.3, -0.25) is 4.79 Å². The van der Waals surface area contributed by atoms with Gasteiger partial charge in [0.25, 0.3) is 0 Å². The van der Waals surface area contributed by atoms with E-state index in [2.05, 4.69) is 20.8 Å². The highest BCUT2D eigenvalue weighted by atomic mass is 16.2. The van der Waals surface area contributed by atoms with E-state index in [1.54, 1.807) is 6.20 Å². The number of nitrogens with zero attached hydrogens (tertiary/aromatic N) is 2. The Labute approximate surface area is 114 Å². The Bertz CT molecular complexity index is 390. The second-order valence-corrected chi connectivity index (χ2v) is 5.16. The lowest BCUT2D eigenvalue weighted by Gasteiger charge is -2.24. The van der Waals surface area contributed by atoms with Crippen LogP contribution >= 0.6 is 0 Å². The van der Waals surface area contributed by atoms with Gasteiger partial charge in [0.1, 0.15) is 0 Å². The van der Waals surface area contributed by atoms with Crippen LogP contribution in [0.3, 0.4) is 0 Å². The molecule has 1 amide bonds. The van der Waals surface area contributed by atoms with Crippen molar-refractivity contribution in [3.63, 3.8) is 0 Å². The summed E-state index contributed by atoms with van der Waals surface area (Å²) in [5, 5.41) is 14.1. The van der Waals surface area contributed by atoms with Crippen molar-refractivity contribution in [1.29, 1.82) is 0 Å². The van der Waals surface area contributed by atoms with Crippen LogP contribution in [0.25, 0.3) is 0 Å². The Morgan fingerprint density at radius 2 is 2.21 bits per heavy atom. The molecule has 1 aliphatic carbocycles. The van der Waals surface area contributed by atoms with Crippen LogP contribution in [0.4, 0.5) is 0 Å². The molecule has 0 saturated heterocycles. The molecule has 0 radical (unpaired) electrons. The third-order valence-corrected chi connectivity index (χ3v) is 3.56. The minimum absolute atomic E-state index is 0.0794. The summed E-state index contributed by atoms with van der Waals surface area (Å²) in [4.78, 5) is 12.0. The van der Waals surface area contributed by atoms with Gasteiger partial charge in [0.05, 0.1) is 11.7 Å². The lowest BCUT2D eigenvalue weighted by atomic mass is 9.95. The molecule has 2 N–H and O–H groups in total. The van der Waals surface area contributed by atoms with Crippen molar-refractivity contribution in [1.82, 2.24) is 20.8 Å². The van der Waals surface area contributed by atoms with Crippen LogP contribution in [0.15, 0.2) is 18.3 Å². The second-order valence-electron chi connectivity index (χ2n) is 5.16. The minimum atomic E-state index is -0.205. The molecule has 0 spiro atoms. The normalized spacial score (nSPS) is 17.9. The summed E-state index contributed by atoms with van der Waals surface area (Å²) in [6.45, 7) is 2.45. The number of hydrogen-bond acceptors (Lipinski definition) is 4. The molecule has 1 saturated carbocycles. The van der Waals surface area contributed by atoms with Gasteiger partial charge < -0.3 is 10.6 Å². The summed E-state index contributed by atoms with van der Waals surface area (Å²) in [6.07, 6.45) is 7.62. The smallest absolute Gasteiger partial charge is 0.237 e. The lowest BCUT2D eigenvalue weighted by Crippen LogP contribution is -2.46. The molecule has 5 nitrogen and oxygen atoms in total. The van der Waals surface area contributed by atoms with Crippen molar-refractivity contribution in [2.75, 3.05) is 0 Å². The van der Waals surface area contributed by atoms with E-state index < -0.39 is 0 Å². The molecule has 19 heavy (non-hydrogen) atoms. The van der Waals surface area contributed by atoms with Crippen LogP contribution in [-0.4, -0.2) is 28.2 Å². The Balaban J connectivity index is 1.72. The fourth-order valence-electron chi connectivity index (χ4n) is 2.35. The highest BCUT2D eigenvalue weighted by Crippen LogP contribution is 2.17. The molecule has 1 aliphatic rings. The number of carbonyl (C=O) groups excluding carboxylic acids is 1. The molecule has 1 unspecified atom stereocenters. The lowest BCUT2D eigenvalue weighted by molar-refractivity contribution is -0.123. The Morgan fingerprint density at radius 1 is 1.42 bits per heavy atom. The number of rotatable bonds is 5. The second kappa shape index (κ2) is 7.19. The first-order chi connectivity index (χ1) is 9.25. The largest absolute Gasteiger partial charge is 0.352 e. The van der Waals surface area contributed by atoms with Gasteiger partial charge in [0.2, 0.25) is 5.91 Å². The van der Waals surface area contributed by atoms with E-state index in [9.17, 15) is 4.79 Å². The first kappa shape index (κ1) is 13.9. The van der Waals surface area contributed by atoms with Gasteiger partial charge in [-0.2, -0.15) is 10.2 Å². The van der Waals surface area contributed by atoms with Gasteiger partial charge in [0.15, 0.2) is 0 Å². The number of hydrogen-bond donors (Lipinski definition) is 2. The fourth-order valence-corrected chi connectivity index (χ4v) is 2.35. The van der Waals surface area contributed by atoms with Gasteiger partial charge >= 0.3 is 0 Å². The van der Waals surface area contributed by atoms with Gasteiger partial charge in [-0.15, -0.1) is 0 Å². The maximum atomic E-state index is 12.0. The molecule has 104 valence electrons. The Morgan fingerprint density at radius 3 is 2.89 bits per heavy atom. The van der Waals surface area contributed by atoms with Crippen molar-refractivity contribution in [2.45, 2.75) is 57.7 Å². The molecule has 1 fully saturated rings. The van der Waals surface area contributed by atoms with Crippen molar-refractivity contribution in [3.8, 4) is 0 Å². The molecule has 0 bridgehead atoms. The maximum Gasteiger partial charge on any atom is 0.237 e. The number of aromatic nitrogens is 2. The number of nitrogens with one attached hydrogen (secondary N) is 2. The van der Waals surface area contributed by atoms with Crippen LogP contribution < -0.4 is 10.6 Å². The van der Waals surface area contributed by atoms with Crippen molar-refractivity contribution in [3.05, 3.63) is 24.0 Å². The number of amides is 1. The van der Waals surface area contributed by atoms with E-state index in [1.807, 2.05) is 19.1 Å². The zero-order chi connectivity index (χ0) is 13.5. The molecule has 0 aromatic carbocycles. The monoisotopic (exact) mass is 262 g/mol. The molecular weight excluding hydrogens is 240 g/mol. The third-order valence-electron chi connectivity index (χ3n) is 3.56. The highest BCUT2D eigenvalue weighted by Gasteiger charge is 2.19. The van der Waals surface area contributed by atoms with E-state index >= 15 is 0 Å². The van der Waals surface area contributed by atoms with E-state index in [4.69, 9.17) is 0 Å². The maximum absolute atomic E-state index is 12.0. The van der Waals surface area contributed by atoms with Gasteiger partial charge in [-0.25, -0.2) is 0 Å². The van der Waals surface area contributed by atoms with E-state index in [-0.39, 0.29) is 11.9 Å². The predicted molar refractivity (Wildman–Crippen MR) is 73.3 cm³/mol. The zero-order valence-corrected chi connectivity index (χ0v) is 11.4. The molecule has 1 atom stereocenters. The molecule has 1 aromatic rings. The van der Waals surface area contributed by atoms with Crippen molar-refractivity contribution < 1.29 is 4.79 Å². The molecule has 2 rings (SSSR count). The summed E-state index contributed by atoms with van der Waals surface area (Å²) < 4.78 is 0. The van der Waals surface area contributed by atoms with Crippen LogP contribution in [0.2, 0.25) is 0 Å². The van der Waals surface area contributed by atoms with E-state index in [0.29, 0.717) is 12.6 Å². The zero-order valence-electron chi connectivity index (χ0n) is 11.4. The molecular formula is C14H22N4O. The Hall–Kier alpha value is -1.49. The Kier molecular flexibility index (Phi) is 5.27. The van der Waals surface area contributed by atoms with Gasteiger partial charge in [-0.05, 0) is 31.9 Å². The highest BCUT2D eigenvalue weighted by molar-refractivity contribution is 5.81. The molecule has 1 aromatic heterocycles. The summed E-state index contributed by atoms with van der Waals surface area (Å²) in [6, 6.07) is 3.90. The van der Waals surface area contributed by atoms with Crippen LogP contribution in [0.5, 0.6) is 0 Å². The third kappa shape index (κ3) is 4.59. The van der Waals surface area contributed by atoms with E-state index in [1.165, 1.54) is 19.3 Å². The average molecular weight is 262 g/mol. The quantitative estimate of drug-likeness (QED) is 0.842. The number of carbonyl (C=O) groups is 1. The minimum Gasteiger partial charge on any atom is -0.352 e. The SMILES string of the molecule is CC(NCc1cccnn1)C(=O)NC1CCCCC1. The standard InChI is InChI=1S/C14H22N4O/c1-11(15-10-13-8-5-9-16-18-13)14(19)17-12-6-3-2-4-7-12/h5,8-9,11-12,15H,2-4,6-7,10H2,1H3,(H,17,19). The van der Waals surface area contributed by atoms with Crippen LogP contribution in [0, 0.1) is 0 Å². The first-order valence-electron chi connectivity index (χ1n) is 7.06. The van der Waals surface area contributed by atoms with Gasteiger partial charge in [0, 0.05) is 18.8 Å². The molecule has 1 heterocycles. The first-order valence-corrected chi connectivity index (χ1v) is 7.06. The van der Waals surface area contributed by atoms with Crippen LogP contribution in [0.1, 0.15) is 44.7 Å².